The number of aliphatic hydroxyl groups is 5. The van der Waals surface area contributed by atoms with E-state index < -0.39 is 31.0 Å². The van der Waals surface area contributed by atoms with Crippen molar-refractivity contribution in [3.8, 4) is 0 Å². The minimum Gasteiger partial charge on any atom is 0 e. The molecule has 4 unspecified atom stereocenters. The molecule has 0 aromatic carbocycles. The summed E-state index contributed by atoms with van der Waals surface area (Å²) in [7, 11) is 0. The van der Waals surface area contributed by atoms with Crippen molar-refractivity contribution >= 4 is 44.0 Å². The molecule has 0 saturated heterocycles. The number of aldehydes is 1. The van der Waals surface area contributed by atoms with Gasteiger partial charge in [0.25, 0.3) is 0 Å². The quantitative estimate of drug-likeness (QED) is 0.258. The van der Waals surface area contributed by atoms with Gasteiger partial charge in [0.05, 0.1) is 6.61 Å². The third-order valence-corrected chi connectivity index (χ3v) is 1.42. The molecule has 0 saturated carbocycles. The molecular formula is C6H14CaO6Zn. The molecule has 78 valence electrons. The van der Waals surface area contributed by atoms with E-state index in [0.29, 0.717) is 0 Å². The van der Waals surface area contributed by atoms with Crippen LogP contribution in [0.3, 0.4) is 0 Å². The van der Waals surface area contributed by atoms with Gasteiger partial charge >= 0.3 is 37.7 Å². The summed E-state index contributed by atoms with van der Waals surface area (Å²) in [6, 6.07) is 0. The molecule has 0 amide bonds. The van der Waals surface area contributed by atoms with Crippen LogP contribution >= 0.6 is 0 Å². The van der Waals surface area contributed by atoms with Crippen molar-refractivity contribution in [2.75, 3.05) is 6.61 Å². The standard InChI is InChI=1S/C6H12O6.Ca.Zn.2H/c7-1-3(9)5(11)6(12)4(10)2-8;;;;/h1,3-6,8-12H,2H2;;;;. The molecule has 0 aliphatic heterocycles. The van der Waals surface area contributed by atoms with Gasteiger partial charge in [0, 0.05) is 19.5 Å². The van der Waals surface area contributed by atoms with E-state index in [1.165, 1.54) is 0 Å². The van der Waals surface area contributed by atoms with Gasteiger partial charge in [-0.1, -0.05) is 0 Å². The van der Waals surface area contributed by atoms with Crippen LogP contribution in [0.4, 0.5) is 0 Å². The summed E-state index contributed by atoms with van der Waals surface area (Å²) in [4.78, 5) is 9.90. The maximum absolute atomic E-state index is 9.90. The smallest absolute Gasteiger partial charge is 0 e. The van der Waals surface area contributed by atoms with Gasteiger partial charge in [-0.05, 0) is 0 Å². The summed E-state index contributed by atoms with van der Waals surface area (Å²) in [5.41, 5.74) is 0. The average molecular weight is 288 g/mol. The first kappa shape index (κ1) is 20.7. The summed E-state index contributed by atoms with van der Waals surface area (Å²) in [6.45, 7) is -0.760. The molecule has 0 heterocycles. The number of hydrogen-bond donors (Lipinski definition) is 5. The fourth-order valence-corrected chi connectivity index (χ4v) is 0.618. The van der Waals surface area contributed by atoms with Crippen molar-refractivity contribution in [2.24, 2.45) is 0 Å². The monoisotopic (exact) mass is 286 g/mol. The molecule has 8 heteroatoms. The van der Waals surface area contributed by atoms with E-state index in [4.69, 9.17) is 25.5 Å². The van der Waals surface area contributed by atoms with Crippen LogP contribution < -0.4 is 0 Å². The number of carbonyl (C=O) groups excluding carboxylic acids is 1. The molecule has 0 spiro atoms. The van der Waals surface area contributed by atoms with E-state index in [0.717, 1.165) is 0 Å². The van der Waals surface area contributed by atoms with Crippen molar-refractivity contribution < 1.29 is 49.8 Å². The van der Waals surface area contributed by atoms with Crippen LogP contribution in [-0.4, -0.2) is 101 Å². The Morgan fingerprint density at radius 1 is 1.07 bits per heavy atom. The Labute approximate surface area is 124 Å². The number of rotatable bonds is 5. The second kappa shape index (κ2) is 10.9. The Hall–Kier alpha value is 1.35. The van der Waals surface area contributed by atoms with E-state index in [1.54, 1.807) is 0 Å². The Bertz CT molecular complexity index is 148. The second-order valence-corrected chi connectivity index (χ2v) is 2.36. The van der Waals surface area contributed by atoms with Crippen LogP contribution in [0, 0.1) is 0 Å². The van der Waals surface area contributed by atoms with E-state index in [2.05, 4.69) is 0 Å². The van der Waals surface area contributed by atoms with Crippen LogP contribution in [0.25, 0.3) is 0 Å². The largest absolute Gasteiger partial charge is 0 e. The van der Waals surface area contributed by atoms with E-state index in [9.17, 15) is 4.79 Å². The Morgan fingerprint density at radius 3 is 1.79 bits per heavy atom. The zero-order valence-electron chi connectivity index (χ0n) is 6.95. The van der Waals surface area contributed by atoms with Crippen molar-refractivity contribution in [1.29, 1.82) is 0 Å². The van der Waals surface area contributed by atoms with E-state index in [-0.39, 0.29) is 63.5 Å². The number of aliphatic hydroxyl groups excluding tert-OH is 5. The fraction of sp³-hybridized carbons (Fsp3) is 0.833. The first-order valence-corrected chi connectivity index (χ1v) is 3.33. The predicted octanol–water partition coefficient (Wildman–Crippen LogP) is -4.30. The first-order valence-electron chi connectivity index (χ1n) is 3.33. The van der Waals surface area contributed by atoms with Crippen molar-refractivity contribution in [1.82, 2.24) is 0 Å². The average Bonchev–Trinajstić information content (AvgIpc) is 2.12. The molecule has 0 radical (unpaired) electrons. The predicted molar refractivity (Wildman–Crippen MR) is 45.7 cm³/mol. The SMILES string of the molecule is O=CC(O)C(O)C(O)C(O)CO.[CaH2].[Zn]. The topological polar surface area (TPSA) is 118 Å². The molecular weight excluding hydrogens is 274 g/mol. The van der Waals surface area contributed by atoms with Crippen molar-refractivity contribution in [3.05, 3.63) is 0 Å². The molecule has 6 nitrogen and oxygen atoms in total. The van der Waals surface area contributed by atoms with E-state index >= 15 is 0 Å². The van der Waals surface area contributed by atoms with Gasteiger partial charge in [0.2, 0.25) is 0 Å². The second-order valence-electron chi connectivity index (χ2n) is 2.36. The van der Waals surface area contributed by atoms with Gasteiger partial charge < -0.3 is 30.3 Å². The number of hydrogen-bond acceptors (Lipinski definition) is 6. The van der Waals surface area contributed by atoms with E-state index in [1.807, 2.05) is 0 Å². The third-order valence-electron chi connectivity index (χ3n) is 1.42. The summed E-state index contributed by atoms with van der Waals surface area (Å²) >= 11 is 0. The van der Waals surface area contributed by atoms with Crippen LogP contribution in [0.15, 0.2) is 0 Å². The maximum Gasteiger partial charge on any atom is 0 e. The van der Waals surface area contributed by atoms with Crippen LogP contribution in [0.5, 0.6) is 0 Å². The molecule has 0 aromatic rings. The molecule has 4 atom stereocenters. The zero-order chi connectivity index (χ0) is 9.72. The Morgan fingerprint density at radius 2 is 1.50 bits per heavy atom. The van der Waals surface area contributed by atoms with Crippen LogP contribution in [0.2, 0.25) is 0 Å². The molecule has 0 aliphatic carbocycles. The van der Waals surface area contributed by atoms with Crippen LogP contribution in [0.1, 0.15) is 0 Å². The molecule has 5 N–H and O–H groups in total. The number of carbonyl (C=O) groups is 1. The van der Waals surface area contributed by atoms with Crippen molar-refractivity contribution in [3.63, 3.8) is 0 Å². The molecule has 0 bridgehead atoms. The molecule has 0 aromatic heterocycles. The molecule has 14 heavy (non-hydrogen) atoms. The van der Waals surface area contributed by atoms with Gasteiger partial charge in [0.1, 0.15) is 24.4 Å². The minimum absolute atomic E-state index is 0. The zero-order valence-corrected chi connectivity index (χ0v) is 9.91. The summed E-state index contributed by atoms with van der Waals surface area (Å²) in [5, 5.41) is 43.5. The van der Waals surface area contributed by atoms with Gasteiger partial charge in [-0.25, -0.2) is 0 Å². The summed E-state index contributed by atoms with van der Waals surface area (Å²) < 4.78 is 0. The van der Waals surface area contributed by atoms with Gasteiger partial charge in [0.15, 0.2) is 6.29 Å². The third kappa shape index (κ3) is 6.77. The van der Waals surface area contributed by atoms with Gasteiger partial charge in [-0.15, -0.1) is 0 Å². The van der Waals surface area contributed by atoms with Gasteiger partial charge in [-0.2, -0.15) is 0 Å². The minimum atomic E-state index is -1.79. The maximum atomic E-state index is 9.90. The fourth-order valence-electron chi connectivity index (χ4n) is 0.618. The summed E-state index contributed by atoms with van der Waals surface area (Å²) in [5.74, 6) is 0. The van der Waals surface area contributed by atoms with Crippen molar-refractivity contribution in [2.45, 2.75) is 24.4 Å². The normalized spacial score (nSPS) is 18.1. The molecule has 0 fully saturated rings. The summed E-state index contributed by atoms with van der Waals surface area (Å²) in [6.07, 6.45) is -6.84. The molecule has 0 aliphatic rings. The first-order chi connectivity index (χ1) is 5.54. The Kier molecular flexibility index (Phi) is 16.1. The molecule has 0 rings (SSSR count). The van der Waals surface area contributed by atoms with Crippen LogP contribution in [-0.2, 0) is 24.3 Å². The van der Waals surface area contributed by atoms with Gasteiger partial charge in [-0.3, -0.25) is 0 Å². The Balaban J connectivity index is -0.000000605.